The molecule has 0 bridgehead atoms. The van der Waals surface area contributed by atoms with E-state index < -0.39 is 6.04 Å². The summed E-state index contributed by atoms with van der Waals surface area (Å²) in [5.41, 5.74) is 1.73. The molecule has 0 aliphatic carbocycles. The van der Waals surface area contributed by atoms with E-state index in [0.717, 1.165) is 16.9 Å². The van der Waals surface area contributed by atoms with Crippen LogP contribution in [0.25, 0.3) is 0 Å². The lowest BCUT2D eigenvalue weighted by Gasteiger charge is -2.28. The van der Waals surface area contributed by atoms with E-state index >= 15 is 0 Å². The lowest BCUT2D eigenvalue weighted by Crippen LogP contribution is -2.47. The zero-order valence-corrected chi connectivity index (χ0v) is 15.9. The molecule has 1 N–H and O–H groups in total. The minimum atomic E-state index is -0.589. The molecule has 26 heavy (non-hydrogen) atoms. The van der Waals surface area contributed by atoms with Crippen LogP contribution in [0, 0.1) is 0 Å². The number of hydrogen-bond acceptors (Lipinski definition) is 3. The Hall–Kier alpha value is -2.53. The van der Waals surface area contributed by atoms with Crippen molar-refractivity contribution in [2.24, 2.45) is 0 Å². The number of methoxy groups -OCH3 is 1. The molecule has 5 nitrogen and oxygen atoms in total. The standard InChI is InChI=1S/C20H23ClN2O3/c1-14(20(25)22-2)23(13-15-7-9-18(26-3)10-8-15)19(24)12-16-5-4-6-17(21)11-16/h4-11,14H,12-13H2,1-3H3,(H,22,25)/t14-/m0/s1. The molecule has 1 atom stereocenters. The maximum Gasteiger partial charge on any atom is 0.242 e. The molecule has 138 valence electrons. The summed E-state index contributed by atoms with van der Waals surface area (Å²) in [4.78, 5) is 26.6. The maximum atomic E-state index is 12.9. The Morgan fingerprint density at radius 1 is 1.15 bits per heavy atom. The number of nitrogens with one attached hydrogen (secondary N) is 1. The minimum absolute atomic E-state index is 0.140. The van der Waals surface area contributed by atoms with E-state index in [-0.39, 0.29) is 18.2 Å². The highest BCUT2D eigenvalue weighted by Crippen LogP contribution is 2.17. The van der Waals surface area contributed by atoms with Crippen molar-refractivity contribution in [3.63, 3.8) is 0 Å². The maximum absolute atomic E-state index is 12.9. The fourth-order valence-corrected chi connectivity index (χ4v) is 2.86. The highest BCUT2D eigenvalue weighted by atomic mass is 35.5. The number of benzene rings is 2. The van der Waals surface area contributed by atoms with Gasteiger partial charge < -0.3 is 15.0 Å². The summed E-state index contributed by atoms with van der Waals surface area (Å²) in [6.07, 6.45) is 0.179. The van der Waals surface area contributed by atoms with Gasteiger partial charge in [0.05, 0.1) is 13.5 Å². The van der Waals surface area contributed by atoms with Gasteiger partial charge in [0, 0.05) is 18.6 Å². The van der Waals surface area contributed by atoms with Gasteiger partial charge in [0.15, 0.2) is 0 Å². The lowest BCUT2D eigenvalue weighted by atomic mass is 10.1. The average Bonchev–Trinajstić information content (AvgIpc) is 2.65. The molecule has 0 saturated carbocycles. The van der Waals surface area contributed by atoms with Gasteiger partial charge in [-0.15, -0.1) is 0 Å². The molecule has 2 aromatic rings. The second-order valence-corrected chi connectivity index (χ2v) is 6.40. The van der Waals surface area contributed by atoms with Gasteiger partial charge in [-0.05, 0) is 42.3 Å². The highest BCUT2D eigenvalue weighted by molar-refractivity contribution is 6.30. The average molecular weight is 375 g/mol. The normalized spacial score (nSPS) is 11.5. The van der Waals surface area contributed by atoms with Crippen LogP contribution in [0.4, 0.5) is 0 Å². The number of halogens is 1. The molecule has 0 spiro atoms. The van der Waals surface area contributed by atoms with Gasteiger partial charge in [0.1, 0.15) is 11.8 Å². The van der Waals surface area contributed by atoms with Gasteiger partial charge in [-0.25, -0.2) is 0 Å². The second kappa shape index (κ2) is 9.25. The largest absolute Gasteiger partial charge is 0.497 e. The van der Waals surface area contributed by atoms with Crippen LogP contribution < -0.4 is 10.1 Å². The first-order valence-electron chi connectivity index (χ1n) is 8.33. The van der Waals surface area contributed by atoms with Crippen LogP contribution in [0.1, 0.15) is 18.1 Å². The second-order valence-electron chi connectivity index (χ2n) is 5.97. The van der Waals surface area contributed by atoms with Crippen molar-refractivity contribution >= 4 is 23.4 Å². The molecular weight excluding hydrogens is 352 g/mol. The first-order chi connectivity index (χ1) is 12.4. The number of carbonyl (C=O) groups is 2. The summed E-state index contributed by atoms with van der Waals surface area (Å²) in [7, 11) is 3.16. The van der Waals surface area contributed by atoms with Crippen molar-refractivity contribution in [1.82, 2.24) is 10.2 Å². The van der Waals surface area contributed by atoms with Crippen molar-refractivity contribution in [3.05, 3.63) is 64.7 Å². The molecule has 0 aliphatic heterocycles. The number of likely N-dealkylation sites (N-methyl/N-ethyl adjacent to an activating group) is 1. The van der Waals surface area contributed by atoms with Gasteiger partial charge in [-0.2, -0.15) is 0 Å². The number of hydrogen-bond donors (Lipinski definition) is 1. The van der Waals surface area contributed by atoms with Gasteiger partial charge in [0.2, 0.25) is 11.8 Å². The number of ether oxygens (including phenoxy) is 1. The lowest BCUT2D eigenvalue weighted by molar-refractivity contribution is -0.139. The van der Waals surface area contributed by atoms with Crippen LogP contribution in [0.2, 0.25) is 5.02 Å². The number of carbonyl (C=O) groups excluding carboxylic acids is 2. The molecule has 2 amide bonds. The number of nitrogens with zero attached hydrogens (tertiary/aromatic N) is 1. The Bertz CT molecular complexity index is 762. The van der Waals surface area contributed by atoms with E-state index in [4.69, 9.17) is 16.3 Å². The summed E-state index contributed by atoms with van der Waals surface area (Å²) in [6, 6.07) is 14.0. The molecule has 2 rings (SSSR count). The van der Waals surface area contributed by atoms with Crippen LogP contribution in [0.15, 0.2) is 48.5 Å². The summed E-state index contributed by atoms with van der Waals surface area (Å²) in [6.45, 7) is 2.05. The van der Waals surface area contributed by atoms with E-state index in [0.29, 0.717) is 11.6 Å². The molecule has 0 aromatic heterocycles. The molecule has 0 fully saturated rings. The Morgan fingerprint density at radius 3 is 2.42 bits per heavy atom. The van der Waals surface area contributed by atoms with Gasteiger partial charge in [-0.1, -0.05) is 35.9 Å². The Labute approximate surface area is 158 Å². The van der Waals surface area contributed by atoms with Gasteiger partial charge >= 0.3 is 0 Å². The molecular formula is C20H23ClN2O3. The molecule has 6 heteroatoms. The minimum Gasteiger partial charge on any atom is -0.497 e. The fraction of sp³-hybridized carbons (Fsp3) is 0.300. The molecule has 0 unspecified atom stereocenters. The smallest absolute Gasteiger partial charge is 0.242 e. The van der Waals surface area contributed by atoms with E-state index in [1.54, 1.807) is 44.2 Å². The van der Waals surface area contributed by atoms with Crippen LogP contribution in [-0.2, 0) is 22.6 Å². The van der Waals surface area contributed by atoms with Gasteiger partial charge in [0.25, 0.3) is 0 Å². The fourth-order valence-electron chi connectivity index (χ4n) is 2.64. The quantitative estimate of drug-likeness (QED) is 0.810. The summed E-state index contributed by atoms with van der Waals surface area (Å²) in [5, 5.41) is 3.18. The van der Waals surface area contributed by atoms with E-state index in [1.165, 1.54) is 0 Å². The Kier molecular flexibility index (Phi) is 7.04. The van der Waals surface area contributed by atoms with Gasteiger partial charge in [-0.3, -0.25) is 9.59 Å². The molecule has 2 aromatic carbocycles. The van der Waals surface area contributed by atoms with Crippen molar-refractivity contribution in [2.45, 2.75) is 25.9 Å². The summed E-state index contributed by atoms with van der Waals surface area (Å²) < 4.78 is 5.16. The summed E-state index contributed by atoms with van der Waals surface area (Å²) >= 11 is 6.00. The van der Waals surface area contributed by atoms with Crippen LogP contribution in [-0.4, -0.2) is 36.9 Å². The molecule has 0 radical (unpaired) electrons. The van der Waals surface area contributed by atoms with Crippen molar-refractivity contribution in [2.75, 3.05) is 14.2 Å². The molecule has 0 aliphatic rings. The summed E-state index contributed by atoms with van der Waals surface area (Å²) in [5.74, 6) is 0.391. The zero-order valence-electron chi connectivity index (χ0n) is 15.2. The number of rotatable bonds is 7. The van der Waals surface area contributed by atoms with E-state index in [2.05, 4.69) is 5.32 Å². The third-order valence-corrected chi connectivity index (χ3v) is 4.41. The van der Waals surface area contributed by atoms with Crippen LogP contribution in [0.5, 0.6) is 5.75 Å². The topological polar surface area (TPSA) is 58.6 Å². The number of amides is 2. The molecule has 0 heterocycles. The van der Waals surface area contributed by atoms with Crippen molar-refractivity contribution < 1.29 is 14.3 Å². The molecule has 0 saturated heterocycles. The third-order valence-electron chi connectivity index (χ3n) is 4.17. The van der Waals surface area contributed by atoms with E-state index in [1.807, 2.05) is 30.3 Å². The first-order valence-corrected chi connectivity index (χ1v) is 8.71. The highest BCUT2D eigenvalue weighted by Gasteiger charge is 2.25. The van der Waals surface area contributed by atoms with Crippen LogP contribution in [0.3, 0.4) is 0 Å². The third kappa shape index (κ3) is 5.23. The Morgan fingerprint density at radius 2 is 1.85 bits per heavy atom. The predicted molar refractivity (Wildman–Crippen MR) is 102 cm³/mol. The SMILES string of the molecule is CNC(=O)[C@H](C)N(Cc1ccc(OC)cc1)C(=O)Cc1cccc(Cl)c1. The monoisotopic (exact) mass is 374 g/mol. The zero-order chi connectivity index (χ0) is 19.1. The Balaban J connectivity index is 2.21. The predicted octanol–water partition coefficient (Wildman–Crippen LogP) is 3.05. The van der Waals surface area contributed by atoms with Crippen molar-refractivity contribution in [3.8, 4) is 5.75 Å². The van der Waals surface area contributed by atoms with Crippen molar-refractivity contribution in [1.29, 1.82) is 0 Å². The van der Waals surface area contributed by atoms with Crippen LogP contribution >= 0.6 is 11.6 Å². The van der Waals surface area contributed by atoms with E-state index in [9.17, 15) is 9.59 Å². The first kappa shape index (κ1) is 19.8.